The first-order valence-electron chi connectivity index (χ1n) is 5.88. The molecule has 0 aliphatic heterocycles. The van der Waals surface area contributed by atoms with Gasteiger partial charge < -0.3 is 15.8 Å². The summed E-state index contributed by atoms with van der Waals surface area (Å²) in [6, 6.07) is -0.115. The Labute approximate surface area is 98.3 Å². The fourth-order valence-electron chi connectivity index (χ4n) is 1.53. The number of hydrogen-bond acceptors (Lipinski definition) is 4. The number of carbonyl (C=O) groups excluding carboxylic acids is 1. The molecule has 0 spiro atoms. The predicted octanol–water partition coefficient (Wildman–Crippen LogP) is -0.192. The molecule has 0 fully saturated rings. The molecule has 0 bridgehead atoms. The van der Waals surface area contributed by atoms with E-state index in [4.69, 9.17) is 10.5 Å². The molecule has 0 aliphatic carbocycles. The lowest BCUT2D eigenvalue weighted by molar-refractivity contribution is -0.125. The van der Waals surface area contributed by atoms with Crippen LogP contribution < -0.4 is 11.1 Å². The van der Waals surface area contributed by atoms with E-state index in [1.54, 1.807) is 7.11 Å². The topological polar surface area (TPSA) is 67.6 Å². The summed E-state index contributed by atoms with van der Waals surface area (Å²) in [5.41, 5.74) is 5.49. The van der Waals surface area contributed by atoms with Crippen LogP contribution in [0.15, 0.2) is 0 Å². The van der Waals surface area contributed by atoms with Gasteiger partial charge in [-0.25, -0.2) is 0 Å². The lowest BCUT2D eigenvalue weighted by Crippen LogP contribution is -2.47. The van der Waals surface area contributed by atoms with Gasteiger partial charge in [-0.3, -0.25) is 9.69 Å². The molecule has 0 saturated heterocycles. The quantitative estimate of drug-likeness (QED) is 0.540. The van der Waals surface area contributed by atoms with Gasteiger partial charge in [0, 0.05) is 33.4 Å². The molecule has 1 unspecified atom stereocenters. The van der Waals surface area contributed by atoms with Crippen molar-refractivity contribution in [1.29, 1.82) is 0 Å². The van der Waals surface area contributed by atoms with Gasteiger partial charge in [0.25, 0.3) is 0 Å². The maximum atomic E-state index is 11.7. The number of nitrogens with zero attached hydrogens (tertiary/aromatic N) is 1. The molecule has 5 nitrogen and oxygen atoms in total. The van der Waals surface area contributed by atoms with Crippen molar-refractivity contribution in [3.8, 4) is 0 Å². The Bertz CT molecular complexity index is 188. The third-order valence-corrected chi connectivity index (χ3v) is 2.57. The zero-order valence-electron chi connectivity index (χ0n) is 10.7. The van der Waals surface area contributed by atoms with Crippen LogP contribution in [-0.2, 0) is 9.53 Å². The van der Waals surface area contributed by atoms with E-state index in [2.05, 4.69) is 10.2 Å². The summed E-state index contributed by atoms with van der Waals surface area (Å²) in [6.45, 7) is 7.45. The van der Waals surface area contributed by atoms with E-state index < -0.39 is 0 Å². The van der Waals surface area contributed by atoms with E-state index in [9.17, 15) is 4.79 Å². The smallest absolute Gasteiger partial charge is 0.237 e. The van der Waals surface area contributed by atoms with Crippen molar-refractivity contribution in [2.24, 2.45) is 5.73 Å². The number of amides is 1. The van der Waals surface area contributed by atoms with E-state index >= 15 is 0 Å². The van der Waals surface area contributed by atoms with Gasteiger partial charge in [-0.2, -0.15) is 0 Å². The second kappa shape index (κ2) is 9.57. The summed E-state index contributed by atoms with van der Waals surface area (Å²) in [7, 11) is 1.66. The number of carbonyl (C=O) groups is 1. The molecule has 3 N–H and O–H groups in total. The van der Waals surface area contributed by atoms with E-state index in [-0.39, 0.29) is 11.9 Å². The normalized spacial score (nSPS) is 12.8. The fraction of sp³-hybridized carbons (Fsp3) is 0.909. The fourth-order valence-corrected chi connectivity index (χ4v) is 1.53. The molecule has 96 valence electrons. The van der Waals surface area contributed by atoms with E-state index in [1.807, 2.05) is 13.8 Å². The molecule has 16 heavy (non-hydrogen) atoms. The van der Waals surface area contributed by atoms with Crippen molar-refractivity contribution in [3.05, 3.63) is 0 Å². The van der Waals surface area contributed by atoms with Crippen LogP contribution in [0.25, 0.3) is 0 Å². The van der Waals surface area contributed by atoms with Crippen LogP contribution in [0, 0.1) is 0 Å². The number of nitrogens with one attached hydrogen (secondary N) is 1. The van der Waals surface area contributed by atoms with Crippen molar-refractivity contribution in [1.82, 2.24) is 10.2 Å². The molecule has 0 saturated carbocycles. The van der Waals surface area contributed by atoms with Crippen LogP contribution in [0.5, 0.6) is 0 Å². The number of rotatable bonds is 9. The second-order valence-electron chi connectivity index (χ2n) is 3.73. The molecule has 0 aromatic heterocycles. The van der Waals surface area contributed by atoms with Crippen LogP contribution in [0.1, 0.15) is 20.3 Å². The van der Waals surface area contributed by atoms with Crippen molar-refractivity contribution in [3.63, 3.8) is 0 Å². The highest BCUT2D eigenvalue weighted by Crippen LogP contribution is 1.97. The Morgan fingerprint density at radius 3 is 2.75 bits per heavy atom. The summed E-state index contributed by atoms with van der Waals surface area (Å²) < 4.78 is 4.91. The van der Waals surface area contributed by atoms with E-state index in [0.717, 1.165) is 19.5 Å². The second-order valence-corrected chi connectivity index (χ2v) is 3.73. The Kier molecular flexibility index (Phi) is 9.18. The molecule has 0 heterocycles. The summed E-state index contributed by atoms with van der Waals surface area (Å²) in [4.78, 5) is 13.8. The first-order valence-corrected chi connectivity index (χ1v) is 5.88. The Morgan fingerprint density at radius 1 is 1.56 bits per heavy atom. The van der Waals surface area contributed by atoms with Crippen LogP contribution in [-0.4, -0.2) is 56.7 Å². The zero-order valence-corrected chi connectivity index (χ0v) is 10.7. The molecule has 0 aromatic carbocycles. The SMILES string of the molecule is CCN(CCN)C(C)C(=O)NCCCOC. The minimum Gasteiger partial charge on any atom is -0.385 e. The van der Waals surface area contributed by atoms with E-state index in [0.29, 0.717) is 19.7 Å². The maximum absolute atomic E-state index is 11.7. The van der Waals surface area contributed by atoms with Crippen LogP contribution in [0.3, 0.4) is 0 Å². The van der Waals surface area contributed by atoms with Crippen molar-refractivity contribution < 1.29 is 9.53 Å². The van der Waals surface area contributed by atoms with Gasteiger partial charge in [0.2, 0.25) is 5.91 Å². The standard InChI is InChI=1S/C11H25N3O2/c1-4-14(8-6-12)10(2)11(15)13-7-5-9-16-3/h10H,4-9,12H2,1-3H3,(H,13,15). The highest BCUT2D eigenvalue weighted by atomic mass is 16.5. The molecule has 5 heteroatoms. The molecule has 1 amide bonds. The van der Waals surface area contributed by atoms with Crippen molar-refractivity contribution >= 4 is 5.91 Å². The van der Waals surface area contributed by atoms with Gasteiger partial charge in [0.1, 0.15) is 0 Å². The van der Waals surface area contributed by atoms with Gasteiger partial charge in [-0.05, 0) is 19.9 Å². The Balaban J connectivity index is 3.86. The lowest BCUT2D eigenvalue weighted by Gasteiger charge is -2.26. The number of ether oxygens (including phenoxy) is 1. The molecule has 0 radical (unpaired) electrons. The average molecular weight is 231 g/mol. The average Bonchev–Trinajstić information content (AvgIpc) is 2.30. The molecule has 0 aliphatic rings. The van der Waals surface area contributed by atoms with Crippen molar-refractivity contribution in [2.75, 3.05) is 39.9 Å². The van der Waals surface area contributed by atoms with Crippen LogP contribution in [0.4, 0.5) is 0 Å². The van der Waals surface area contributed by atoms with Gasteiger partial charge in [-0.15, -0.1) is 0 Å². The first-order chi connectivity index (χ1) is 7.67. The first kappa shape index (κ1) is 15.3. The van der Waals surface area contributed by atoms with Gasteiger partial charge >= 0.3 is 0 Å². The summed E-state index contributed by atoms with van der Waals surface area (Å²) >= 11 is 0. The number of methoxy groups -OCH3 is 1. The van der Waals surface area contributed by atoms with E-state index in [1.165, 1.54) is 0 Å². The number of nitrogens with two attached hydrogens (primary N) is 1. The van der Waals surface area contributed by atoms with Crippen molar-refractivity contribution in [2.45, 2.75) is 26.3 Å². The molecule has 0 aromatic rings. The Hall–Kier alpha value is -0.650. The minimum atomic E-state index is -0.115. The monoisotopic (exact) mass is 231 g/mol. The largest absolute Gasteiger partial charge is 0.385 e. The minimum absolute atomic E-state index is 0.0615. The zero-order chi connectivity index (χ0) is 12.4. The molecular formula is C11H25N3O2. The van der Waals surface area contributed by atoms with Crippen LogP contribution in [0.2, 0.25) is 0 Å². The third kappa shape index (κ3) is 6.05. The highest BCUT2D eigenvalue weighted by molar-refractivity contribution is 5.81. The Morgan fingerprint density at radius 2 is 2.25 bits per heavy atom. The molecule has 1 atom stereocenters. The summed E-state index contributed by atoms with van der Waals surface area (Å²) in [6.07, 6.45) is 0.845. The van der Waals surface area contributed by atoms with Crippen LogP contribution >= 0.6 is 0 Å². The third-order valence-electron chi connectivity index (χ3n) is 2.57. The maximum Gasteiger partial charge on any atom is 0.237 e. The number of hydrogen-bond donors (Lipinski definition) is 2. The molecule has 0 rings (SSSR count). The number of likely N-dealkylation sites (N-methyl/N-ethyl adjacent to an activating group) is 1. The van der Waals surface area contributed by atoms with Gasteiger partial charge in [-0.1, -0.05) is 6.92 Å². The van der Waals surface area contributed by atoms with Gasteiger partial charge in [0.15, 0.2) is 0 Å². The predicted molar refractivity (Wildman–Crippen MR) is 65.3 cm³/mol. The lowest BCUT2D eigenvalue weighted by atomic mass is 10.2. The highest BCUT2D eigenvalue weighted by Gasteiger charge is 2.18. The molecular weight excluding hydrogens is 206 g/mol. The van der Waals surface area contributed by atoms with Gasteiger partial charge in [0.05, 0.1) is 6.04 Å². The summed E-state index contributed by atoms with van der Waals surface area (Å²) in [5.74, 6) is 0.0615. The summed E-state index contributed by atoms with van der Waals surface area (Å²) in [5, 5.41) is 2.89.